The van der Waals surface area contributed by atoms with E-state index in [2.05, 4.69) is 20.4 Å². The average molecular weight is 312 g/mol. The summed E-state index contributed by atoms with van der Waals surface area (Å²) in [5, 5.41) is 7.23. The van der Waals surface area contributed by atoms with E-state index in [0.29, 0.717) is 12.2 Å². The van der Waals surface area contributed by atoms with Gasteiger partial charge in [0.05, 0.1) is 5.69 Å². The fourth-order valence-electron chi connectivity index (χ4n) is 2.62. The number of carbonyl (C=O) groups is 1. The highest BCUT2D eigenvalue weighted by atomic mass is 16.1. The molecular formula is C16H20N6O. The second-order valence-corrected chi connectivity index (χ2v) is 5.51. The van der Waals surface area contributed by atoms with Crippen molar-refractivity contribution < 1.29 is 4.79 Å². The van der Waals surface area contributed by atoms with Crippen LogP contribution in [0.2, 0.25) is 0 Å². The minimum atomic E-state index is -0.141. The summed E-state index contributed by atoms with van der Waals surface area (Å²) in [6, 6.07) is 5.72. The van der Waals surface area contributed by atoms with Crippen LogP contribution in [0.25, 0.3) is 5.65 Å². The summed E-state index contributed by atoms with van der Waals surface area (Å²) < 4.78 is 3.77. The van der Waals surface area contributed by atoms with E-state index < -0.39 is 0 Å². The van der Waals surface area contributed by atoms with Gasteiger partial charge < -0.3 is 9.72 Å². The van der Waals surface area contributed by atoms with Gasteiger partial charge in [-0.05, 0) is 39.3 Å². The highest BCUT2D eigenvalue weighted by Gasteiger charge is 2.15. The van der Waals surface area contributed by atoms with Crippen LogP contribution in [-0.4, -0.2) is 36.6 Å². The van der Waals surface area contributed by atoms with Gasteiger partial charge in [0.1, 0.15) is 23.0 Å². The molecule has 0 atom stereocenters. The van der Waals surface area contributed by atoms with E-state index in [-0.39, 0.29) is 5.91 Å². The number of fused-ring (bicyclic) bond motifs is 1. The third-order valence-electron chi connectivity index (χ3n) is 3.78. The van der Waals surface area contributed by atoms with E-state index in [9.17, 15) is 4.79 Å². The first-order valence-electron chi connectivity index (χ1n) is 7.66. The molecule has 3 heterocycles. The van der Waals surface area contributed by atoms with Crippen molar-refractivity contribution in [2.24, 2.45) is 0 Å². The summed E-state index contributed by atoms with van der Waals surface area (Å²) in [7, 11) is 0. The van der Waals surface area contributed by atoms with Crippen LogP contribution in [0, 0.1) is 20.8 Å². The summed E-state index contributed by atoms with van der Waals surface area (Å²) in [4.78, 5) is 20.9. The number of rotatable bonds is 5. The second-order valence-electron chi connectivity index (χ2n) is 5.51. The Bertz CT molecular complexity index is 847. The van der Waals surface area contributed by atoms with E-state index >= 15 is 0 Å². The summed E-state index contributed by atoms with van der Waals surface area (Å²) in [6.07, 6.45) is 2.70. The van der Waals surface area contributed by atoms with Crippen LogP contribution in [0.1, 0.15) is 34.3 Å². The lowest BCUT2D eigenvalue weighted by molar-refractivity contribution is 0.0947. The SMILES string of the molecule is Cc1nc(C)n(CCCNC(=O)c2nc3ccccn3c2C)n1. The Kier molecular flexibility index (Phi) is 4.10. The Balaban J connectivity index is 1.58. The fraction of sp³-hybridized carbons (Fsp3) is 0.375. The molecule has 0 saturated carbocycles. The number of amides is 1. The molecule has 1 N–H and O–H groups in total. The lowest BCUT2D eigenvalue weighted by Crippen LogP contribution is -2.26. The van der Waals surface area contributed by atoms with Crippen molar-refractivity contribution in [2.45, 2.75) is 33.7 Å². The van der Waals surface area contributed by atoms with Gasteiger partial charge in [0.2, 0.25) is 0 Å². The zero-order valence-electron chi connectivity index (χ0n) is 13.6. The molecule has 23 heavy (non-hydrogen) atoms. The van der Waals surface area contributed by atoms with Crippen molar-refractivity contribution in [2.75, 3.05) is 6.54 Å². The zero-order chi connectivity index (χ0) is 16.4. The maximum Gasteiger partial charge on any atom is 0.271 e. The summed E-state index contributed by atoms with van der Waals surface area (Å²) in [6.45, 7) is 7.01. The van der Waals surface area contributed by atoms with E-state index in [1.54, 1.807) is 0 Å². The fourth-order valence-corrected chi connectivity index (χ4v) is 2.62. The molecule has 7 heteroatoms. The van der Waals surface area contributed by atoms with Crippen LogP contribution in [0.15, 0.2) is 24.4 Å². The normalized spacial score (nSPS) is 11.1. The molecule has 3 aromatic heterocycles. The number of aryl methyl sites for hydroxylation is 4. The monoisotopic (exact) mass is 312 g/mol. The van der Waals surface area contributed by atoms with Gasteiger partial charge in [-0.15, -0.1) is 0 Å². The van der Waals surface area contributed by atoms with Crippen molar-refractivity contribution >= 4 is 11.6 Å². The van der Waals surface area contributed by atoms with Gasteiger partial charge in [0.15, 0.2) is 0 Å². The first-order chi connectivity index (χ1) is 11.1. The molecule has 0 aliphatic carbocycles. The predicted molar refractivity (Wildman–Crippen MR) is 86.4 cm³/mol. The van der Waals surface area contributed by atoms with Gasteiger partial charge in [-0.2, -0.15) is 5.10 Å². The molecule has 0 aliphatic rings. The van der Waals surface area contributed by atoms with Gasteiger partial charge in [-0.1, -0.05) is 6.07 Å². The van der Waals surface area contributed by atoms with Crippen molar-refractivity contribution in [1.29, 1.82) is 0 Å². The van der Waals surface area contributed by atoms with E-state index in [0.717, 1.165) is 36.0 Å². The second kappa shape index (κ2) is 6.20. The topological polar surface area (TPSA) is 77.1 Å². The number of pyridine rings is 1. The number of imidazole rings is 1. The van der Waals surface area contributed by atoms with E-state index in [1.807, 2.05) is 54.2 Å². The molecule has 1 amide bonds. The maximum atomic E-state index is 12.3. The first kappa shape index (κ1) is 15.2. The Morgan fingerprint density at radius 1 is 1.22 bits per heavy atom. The maximum absolute atomic E-state index is 12.3. The zero-order valence-corrected chi connectivity index (χ0v) is 13.6. The summed E-state index contributed by atoms with van der Waals surface area (Å²) in [5.74, 6) is 1.52. The van der Waals surface area contributed by atoms with Crippen LogP contribution < -0.4 is 5.32 Å². The minimum absolute atomic E-state index is 0.141. The van der Waals surface area contributed by atoms with Crippen LogP contribution in [-0.2, 0) is 6.54 Å². The Morgan fingerprint density at radius 3 is 2.74 bits per heavy atom. The molecule has 0 radical (unpaired) electrons. The number of aromatic nitrogens is 5. The summed E-state index contributed by atoms with van der Waals surface area (Å²) >= 11 is 0. The number of hydrogen-bond acceptors (Lipinski definition) is 4. The van der Waals surface area contributed by atoms with Crippen LogP contribution in [0.4, 0.5) is 0 Å². The van der Waals surface area contributed by atoms with Gasteiger partial charge >= 0.3 is 0 Å². The molecule has 0 spiro atoms. The molecule has 120 valence electrons. The lowest BCUT2D eigenvalue weighted by Gasteiger charge is -2.05. The first-order valence-corrected chi connectivity index (χ1v) is 7.66. The molecule has 3 aromatic rings. The van der Waals surface area contributed by atoms with Gasteiger partial charge in [0.25, 0.3) is 5.91 Å². The van der Waals surface area contributed by atoms with Crippen molar-refractivity contribution in [3.63, 3.8) is 0 Å². The lowest BCUT2D eigenvalue weighted by atomic mass is 10.3. The van der Waals surface area contributed by atoms with Crippen LogP contribution in [0.3, 0.4) is 0 Å². The predicted octanol–water partition coefficient (Wildman–Crippen LogP) is 1.67. The molecule has 0 saturated heterocycles. The Hall–Kier alpha value is -2.70. The largest absolute Gasteiger partial charge is 0.351 e. The highest BCUT2D eigenvalue weighted by Crippen LogP contribution is 2.11. The molecule has 0 aromatic carbocycles. The number of nitrogens with one attached hydrogen (secondary N) is 1. The number of hydrogen-bond donors (Lipinski definition) is 1. The quantitative estimate of drug-likeness (QED) is 0.727. The summed E-state index contributed by atoms with van der Waals surface area (Å²) in [5.41, 5.74) is 2.11. The third kappa shape index (κ3) is 3.08. The van der Waals surface area contributed by atoms with Crippen LogP contribution >= 0.6 is 0 Å². The van der Waals surface area contributed by atoms with E-state index in [4.69, 9.17) is 0 Å². The number of carbonyl (C=O) groups excluding carboxylic acids is 1. The molecule has 7 nitrogen and oxygen atoms in total. The van der Waals surface area contributed by atoms with Gasteiger partial charge in [0, 0.05) is 19.3 Å². The Morgan fingerprint density at radius 2 is 2.04 bits per heavy atom. The molecular weight excluding hydrogens is 292 g/mol. The van der Waals surface area contributed by atoms with Crippen molar-refractivity contribution in [3.05, 3.63) is 47.4 Å². The van der Waals surface area contributed by atoms with E-state index in [1.165, 1.54) is 0 Å². The molecule has 0 bridgehead atoms. The number of nitrogens with zero attached hydrogens (tertiary/aromatic N) is 5. The smallest absolute Gasteiger partial charge is 0.271 e. The standard InChI is InChI=1S/C16H20N6O/c1-11-15(19-14-7-4-5-9-21(11)14)16(23)17-8-6-10-22-13(3)18-12(2)20-22/h4-5,7,9H,6,8,10H2,1-3H3,(H,17,23). The van der Waals surface area contributed by atoms with Crippen molar-refractivity contribution in [1.82, 2.24) is 29.5 Å². The van der Waals surface area contributed by atoms with Crippen molar-refractivity contribution in [3.8, 4) is 0 Å². The minimum Gasteiger partial charge on any atom is -0.351 e. The third-order valence-corrected chi connectivity index (χ3v) is 3.78. The molecule has 0 aliphatic heterocycles. The Labute approximate surface area is 134 Å². The highest BCUT2D eigenvalue weighted by molar-refractivity contribution is 5.94. The van der Waals surface area contributed by atoms with Gasteiger partial charge in [-0.25, -0.2) is 9.97 Å². The van der Waals surface area contributed by atoms with Crippen LogP contribution in [0.5, 0.6) is 0 Å². The average Bonchev–Trinajstić information content (AvgIpc) is 3.03. The molecule has 3 rings (SSSR count). The molecule has 0 fully saturated rings. The molecule has 0 unspecified atom stereocenters. The van der Waals surface area contributed by atoms with Gasteiger partial charge in [-0.3, -0.25) is 9.48 Å².